The Morgan fingerprint density at radius 2 is 0.908 bits per heavy atom. The molecule has 0 N–H and O–H groups in total. The number of nitrogens with zero attached hydrogens (tertiary/aromatic N) is 1. The van der Waals surface area contributed by atoms with Crippen molar-refractivity contribution in [2.75, 3.05) is 4.90 Å². The average Bonchev–Trinajstić information content (AvgIpc) is 4.00. The van der Waals surface area contributed by atoms with Gasteiger partial charge in [0, 0.05) is 42.5 Å². The lowest BCUT2D eigenvalue weighted by Gasteiger charge is -2.34. The van der Waals surface area contributed by atoms with Crippen molar-refractivity contribution in [2.24, 2.45) is 0 Å². The van der Waals surface area contributed by atoms with Gasteiger partial charge in [-0.3, -0.25) is 0 Å². The van der Waals surface area contributed by atoms with Gasteiger partial charge < -0.3 is 4.90 Å². The second kappa shape index (κ2) is 14.6. The second-order valence-electron chi connectivity index (χ2n) is 17.7. The van der Waals surface area contributed by atoms with Gasteiger partial charge in [0.25, 0.3) is 0 Å². The molecule has 1 heterocycles. The molecule has 1 atom stereocenters. The summed E-state index contributed by atoms with van der Waals surface area (Å²) in [6.45, 7) is 2.40. The summed E-state index contributed by atoms with van der Waals surface area (Å²) in [5.74, 6) is 0. The van der Waals surface area contributed by atoms with Gasteiger partial charge in [-0.2, -0.15) is 0 Å². The third kappa shape index (κ3) is 5.45. The fraction of sp³-hybridized carbons (Fsp3) is 0.0476. The van der Waals surface area contributed by atoms with Gasteiger partial charge in [-0.05, 0) is 110 Å². The largest absolute Gasteiger partial charge is 0.310 e. The SMILES string of the molecule is CC1(c2ccccc2)c2ccccc2-c2cc(N(c3ccc(-c4cccc5c4sc4ccccc45)cc3)c3cccc4c3-c3ccccc3C4(c3ccccc3)c3ccccc3)ccc21. The molecule has 2 aliphatic rings. The number of thiophene rings is 1. The zero-order valence-electron chi connectivity index (χ0n) is 35.9. The lowest BCUT2D eigenvalue weighted by atomic mass is 9.68. The Hall–Kier alpha value is -7.78. The summed E-state index contributed by atoms with van der Waals surface area (Å²) < 4.78 is 2.65. The van der Waals surface area contributed by atoms with Crippen LogP contribution in [-0.4, -0.2) is 0 Å². The molecule has 0 saturated carbocycles. The zero-order valence-corrected chi connectivity index (χ0v) is 36.8. The minimum Gasteiger partial charge on any atom is -0.310 e. The molecule has 10 aromatic carbocycles. The molecule has 1 unspecified atom stereocenters. The molecule has 0 aliphatic heterocycles. The summed E-state index contributed by atoms with van der Waals surface area (Å²) >= 11 is 1.88. The molecule has 0 spiro atoms. The first kappa shape index (κ1) is 37.7. The van der Waals surface area contributed by atoms with Crippen molar-refractivity contribution in [1.29, 1.82) is 0 Å². The molecular formula is C63H43NS. The van der Waals surface area contributed by atoms with Gasteiger partial charge >= 0.3 is 0 Å². The summed E-state index contributed by atoms with van der Waals surface area (Å²) in [5.41, 5.74) is 19.2. The highest BCUT2D eigenvalue weighted by atomic mass is 32.1. The molecule has 0 saturated heterocycles. The second-order valence-corrected chi connectivity index (χ2v) is 18.7. The van der Waals surface area contributed by atoms with Crippen LogP contribution in [0, 0.1) is 0 Å². The highest BCUT2D eigenvalue weighted by molar-refractivity contribution is 7.26. The third-order valence-corrected chi connectivity index (χ3v) is 15.7. The zero-order chi connectivity index (χ0) is 43.1. The van der Waals surface area contributed by atoms with Crippen LogP contribution in [0.25, 0.3) is 53.6 Å². The minimum atomic E-state index is -0.517. The molecular weight excluding hydrogens is 803 g/mol. The van der Waals surface area contributed by atoms with Crippen LogP contribution in [0.15, 0.2) is 243 Å². The fourth-order valence-electron chi connectivity index (χ4n) is 11.6. The van der Waals surface area contributed by atoms with E-state index in [-0.39, 0.29) is 5.41 Å². The highest BCUT2D eigenvalue weighted by Gasteiger charge is 2.47. The number of hydrogen-bond donors (Lipinski definition) is 0. The monoisotopic (exact) mass is 845 g/mol. The molecule has 0 amide bonds. The van der Waals surface area contributed by atoms with Crippen molar-refractivity contribution in [3.8, 4) is 33.4 Å². The first-order valence-corrected chi connectivity index (χ1v) is 23.4. The Labute approximate surface area is 384 Å². The topological polar surface area (TPSA) is 3.24 Å². The minimum absolute atomic E-state index is 0.288. The summed E-state index contributed by atoms with van der Waals surface area (Å²) in [6.07, 6.45) is 0. The number of benzene rings is 10. The maximum Gasteiger partial charge on any atom is 0.0714 e. The Kier molecular flexibility index (Phi) is 8.50. The third-order valence-electron chi connectivity index (χ3n) is 14.4. The fourth-order valence-corrected chi connectivity index (χ4v) is 12.8. The molecule has 13 rings (SSSR count). The van der Waals surface area contributed by atoms with Crippen LogP contribution < -0.4 is 4.90 Å². The number of fused-ring (bicyclic) bond motifs is 9. The van der Waals surface area contributed by atoms with E-state index in [4.69, 9.17) is 0 Å². The van der Waals surface area contributed by atoms with E-state index in [2.05, 4.69) is 254 Å². The summed E-state index contributed by atoms with van der Waals surface area (Å²) in [4.78, 5) is 2.52. The normalized spacial score (nSPS) is 15.3. The molecule has 0 bridgehead atoms. The van der Waals surface area contributed by atoms with Crippen molar-refractivity contribution in [3.05, 3.63) is 282 Å². The van der Waals surface area contributed by atoms with E-state index in [1.807, 2.05) is 11.3 Å². The van der Waals surface area contributed by atoms with Gasteiger partial charge in [-0.25, -0.2) is 0 Å². The van der Waals surface area contributed by atoms with Crippen LogP contribution in [0.2, 0.25) is 0 Å². The predicted octanol–water partition coefficient (Wildman–Crippen LogP) is 16.9. The van der Waals surface area contributed by atoms with Gasteiger partial charge in [0.15, 0.2) is 0 Å². The van der Waals surface area contributed by atoms with E-state index in [1.54, 1.807) is 0 Å². The molecule has 11 aromatic rings. The molecule has 0 radical (unpaired) electrons. The van der Waals surface area contributed by atoms with Crippen LogP contribution in [0.5, 0.6) is 0 Å². The molecule has 1 nitrogen and oxygen atoms in total. The lowest BCUT2D eigenvalue weighted by Crippen LogP contribution is -2.28. The van der Waals surface area contributed by atoms with Crippen LogP contribution >= 0.6 is 11.3 Å². The van der Waals surface area contributed by atoms with E-state index >= 15 is 0 Å². The smallest absolute Gasteiger partial charge is 0.0714 e. The maximum absolute atomic E-state index is 2.52. The quantitative estimate of drug-likeness (QED) is 0.154. The summed E-state index contributed by atoms with van der Waals surface area (Å²) in [6, 6.07) is 90.4. The summed E-state index contributed by atoms with van der Waals surface area (Å²) in [5, 5.41) is 2.63. The molecule has 65 heavy (non-hydrogen) atoms. The van der Waals surface area contributed by atoms with Crippen molar-refractivity contribution in [3.63, 3.8) is 0 Å². The van der Waals surface area contributed by atoms with Crippen LogP contribution in [-0.2, 0) is 10.8 Å². The molecule has 2 aliphatic carbocycles. The van der Waals surface area contributed by atoms with E-state index < -0.39 is 5.41 Å². The van der Waals surface area contributed by atoms with Gasteiger partial charge in [0.05, 0.1) is 11.1 Å². The number of anilines is 3. The lowest BCUT2D eigenvalue weighted by molar-refractivity contribution is 0.714. The predicted molar refractivity (Wildman–Crippen MR) is 274 cm³/mol. The molecule has 306 valence electrons. The van der Waals surface area contributed by atoms with Gasteiger partial charge in [0.1, 0.15) is 0 Å². The Morgan fingerprint density at radius 3 is 1.65 bits per heavy atom. The van der Waals surface area contributed by atoms with Gasteiger partial charge in [-0.15, -0.1) is 11.3 Å². The molecule has 1 aromatic heterocycles. The van der Waals surface area contributed by atoms with Crippen molar-refractivity contribution < 1.29 is 0 Å². The maximum atomic E-state index is 2.52. The van der Waals surface area contributed by atoms with Crippen LogP contribution in [0.4, 0.5) is 17.1 Å². The molecule has 0 fully saturated rings. The van der Waals surface area contributed by atoms with Crippen molar-refractivity contribution in [2.45, 2.75) is 17.8 Å². The highest BCUT2D eigenvalue weighted by Crippen LogP contribution is 2.60. The van der Waals surface area contributed by atoms with Gasteiger partial charge in [-0.1, -0.05) is 206 Å². The van der Waals surface area contributed by atoms with E-state index in [1.165, 1.54) is 92.5 Å². The first-order chi connectivity index (χ1) is 32.1. The Morgan fingerprint density at radius 1 is 0.369 bits per heavy atom. The Bertz CT molecular complexity index is 3570. The van der Waals surface area contributed by atoms with E-state index in [9.17, 15) is 0 Å². The average molecular weight is 846 g/mol. The van der Waals surface area contributed by atoms with Gasteiger partial charge in [0.2, 0.25) is 0 Å². The Balaban J connectivity index is 1.06. The van der Waals surface area contributed by atoms with Crippen LogP contribution in [0.1, 0.15) is 45.9 Å². The van der Waals surface area contributed by atoms with E-state index in [0.717, 1.165) is 17.1 Å². The number of hydrogen-bond acceptors (Lipinski definition) is 2. The van der Waals surface area contributed by atoms with Crippen molar-refractivity contribution in [1.82, 2.24) is 0 Å². The van der Waals surface area contributed by atoms with Crippen LogP contribution in [0.3, 0.4) is 0 Å². The van der Waals surface area contributed by atoms with Crippen molar-refractivity contribution >= 4 is 48.6 Å². The number of rotatable bonds is 7. The standard InChI is InChI=1S/C63H43NS/c1-62(43-19-5-2-6-20-43)54-30-14-11-25-49(54)53-41-47(39-40-55(53)62)64(46-37-35-42(36-38-46)48-28-17-29-51-50-26-13-16-34-59(50)65-61(48)51)58-33-18-32-57-60(58)52-27-12-15-31-56(52)63(57,44-21-7-3-8-22-44)45-23-9-4-10-24-45/h2-41H,1H3. The molecule has 2 heteroatoms. The summed E-state index contributed by atoms with van der Waals surface area (Å²) in [7, 11) is 0. The van der Waals surface area contributed by atoms with E-state index in [0.29, 0.717) is 0 Å². The first-order valence-electron chi connectivity index (χ1n) is 22.6.